The third-order valence-corrected chi connectivity index (χ3v) is 6.24. The molecule has 2 N–H and O–H groups in total. The second-order valence-electron chi connectivity index (χ2n) is 8.30. The van der Waals surface area contributed by atoms with Gasteiger partial charge in [-0.2, -0.15) is 0 Å². The molecule has 0 bridgehead atoms. The summed E-state index contributed by atoms with van der Waals surface area (Å²) in [5, 5.41) is 12.7. The number of carbonyl (C=O) groups is 2. The smallest absolute Gasteiger partial charge is 0.335 e. The molecule has 7 heteroatoms. The average Bonchev–Trinajstić information content (AvgIpc) is 2.79. The van der Waals surface area contributed by atoms with E-state index < -0.39 is 5.97 Å². The molecule has 33 heavy (non-hydrogen) atoms. The Morgan fingerprint density at radius 3 is 2.52 bits per heavy atom. The number of aromatic carboxylic acids is 1. The molecule has 1 saturated heterocycles. The maximum atomic E-state index is 12.9. The first-order valence-corrected chi connectivity index (χ1v) is 11.2. The predicted octanol–water partition coefficient (Wildman–Crippen LogP) is 5.31. The van der Waals surface area contributed by atoms with Crippen LogP contribution in [0, 0.1) is 6.92 Å². The van der Waals surface area contributed by atoms with Crippen molar-refractivity contribution in [2.24, 2.45) is 0 Å². The Labute approximate surface area is 198 Å². The van der Waals surface area contributed by atoms with Crippen molar-refractivity contribution in [3.63, 3.8) is 0 Å². The first-order valence-electron chi connectivity index (χ1n) is 10.8. The zero-order valence-electron chi connectivity index (χ0n) is 18.6. The second-order valence-corrected chi connectivity index (χ2v) is 8.71. The summed E-state index contributed by atoms with van der Waals surface area (Å²) in [5.74, 6) is -1.43. The first kappa shape index (κ1) is 22.7. The van der Waals surface area contributed by atoms with Gasteiger partial charge >= 0.3 is 5.97 Å². The monoisotopic (exact) mass is 463 g/mol. The van der Waals surface area contributed by atoms with E-state index in [1.54, 1.807) is 36.4 Å². The lowest BCUT2D eigenvalue weighted by atomic mass is 10.1. The number of halogens is 1. The largest absolute Gasteiger partial charge is 0.478 e. The Morgan fingerprint density at radius 2 is 1.82 bits per heavy atom. The number of carboxylic acid groups (broad SMARTS) is 1. The standard InChI is InChI=1S/C26H26ClN3O3/c1-17-6-5-7-20(14-17)30-13-12-29(16-18(30)2)24-11-10-19(26(32)33)15-23(24)28-25(31)21-8-3-4-9-22(21)27/h3-11,14-15,18H,12-13,16H2,1-2H3,(H,28,31)(H,32,33)/t18-/m1/s1. The summed E-state index contributed by atoms with van der Waals surface area (Å²) >= 11 is 6.19. The molecular formula is C26H26ClN3O3. The van der Waals surface area contributed by atoms with Crippen molar-refractivity contribution in [1.82, 2.24) is 0 Å². The fourth-order valence-corrected chi connectivity index (χ4v) is 4.47. The molecule has 1 atom stereocenters. The number of hydrogen-bond acceptors (Lipinski definition) is 4. The van der Waals surface area contributed by atoms with Crippen molar-refractivity contribution in [3.05, 3.63) is 88.4 Å². The molecule has 170 valence electrons. The molecule has 1 aliphatic heterocycles. The summed E-state index contributed by atoms with van der Waals surface area (Å²) in [4.78, 5) is 29.0. The van der Waals surface area contributed by atoms with Crippen LogP contribution in [0.1, 0.15) is 33.2 Å². The average molecular weight is 464 g/mol. The molecule has 6 nitrogen and oxygen atoms in total. The molecule has 3 aromatic rings. The van der Waals surface area contributed by atoms with E-state index >= 15 is 0 Å². The molecule has 0 aliphatic carbocycles. The van der Waals surface area contributed by atoms with Crippen LogP contribution in [0.2, 0.25) is 5.02 Å². The zero-order chi connectivity index (χ0) is 23.5. The molecule has 0 spiro atoms. The number of carbonyl (C=O) groups excluding carboxylic acids is 1. The number of carboxylic acids is 1. The number of aryl methyl sites for hydroxylation is 1. The number of rotatable bonds is 5. The van der Waals surface area contributed by atoms with E-state index in [1.165, 1.54) is 17.3 Å². The van der Waals surface area contributed by atoms with Gasteiger partial charge in [0.1, 0.15) is 0 Å². The molecular weight excluding hydrogens is 438 g/mol. The highest BCUT2D eigenvalue weighted by Gasteiger charge is 2.26. The van der Waals surface area contributed by atoms with Crippen LogP contribution in [0.15, 0.2) is 66.7 Å². The highest BCUT2D eigenvalue weighted by molar-refractivity contribution is 6.34. The summed E-state index contributed by atoms with van der Waals surface area (Å²) in [6, 6.07) is 20.3. The minimum absolute atomic E-state index is 0.111. The predicted molar refractivity (Wildman–Crippen MR) is 133 cm³/mol. The SMILES string of the molecule is Cc1cccc(N2CCN(c3ccc(C(=O)O)cc3NC(=O)c3ccccc3Cl)C[C@H]2C)c1. The van der Waals surface area contributed by atoms with Gasteiger partial charge in [0.05, 0.1) is 27.5 Å². The van der Waals surface area contributed by atoms with Crippen molar-refractivity contribution in [3.8, 4) is 0 Å². The summed E-state index contributed by atoms with van der Waals surface area (Å²) in [7, 11) is 0. The molecule has 4 rings (SSSR count). The van der Waals surface area contributed by atoms with Gasteiger partial charge in [-0.3, -0.25) is 4.79 Å². The van der Waals surface area contributed by atoms with E-state index in [4.69, 9.17) is 11.6 Å². The molecule has 0 unspecified atom stereocenters. The molecule has 0 radical (unpaired) electrons. The lowest BCUT2D eigenvalue weighted by molar-refractivity contribution is 0.0696. The summed E-state index contributed by atoms with van der Waals surface area (Å²) < 4.78 is 0. The molecule has 0 aromatic heterocycles. The maximum absolute atomic E-state index is 12.9. The molecule has 3 aromatic carbocycles. The van der Waals surface area contributed by atoms with Gasteiger partial charge in [0.15, 0.2) is 0 Å². The first-order chi connectivity index (χ1) is 15.8. The molecule has 1 fully saturated rings. The number of amides is 1. The van der Waals surface area contributed by atoms with Gasteiger partial charge in [-0.25, -0.2) is 4.79 Å². The van der Waals surface area contributed by atoms with Crippen molar-refractivity contribution in [2.45, 2.75) is 19.9 Å². The summed E-state index contributed by atoms with van der Waals surface area (Å²) in [5.41, 5.74) is 4.10. The van der Waals surface area contributed by atoms with Gasteiger partial charge in [-0.15, -0.1) is 0 Å². The highest BCUT2D eigenvalue weighted by atomic mass is 35.5. The van der Waals surface area contributed by atoms with Crippen LogP contribution in [-0.4, -0.2) is 42.7 Å². The minimum Gasteiger partial charge on any atom is -0.478 e. The van der Waals surface area contributed by atoms with E-state index in [0.717, 1.165) is 25.3 Å². The number of hydrogen-bond donors (Lipinski definition) is 2. The number of nitrogens with zero attached hydrogens (tertiary/aromatic N) is 2. The van der Waals surface area contributed by atoms with Crippen LogP contribution in [0.4, 0.5) is 17.1 Å². The van der Waals surface area contributed by atoms with E-state index in [0.29, 0.717) is 16.3 Å². The van der Waals surface area contributed by atoms with Crippen LogP contribution in [0.25, 0.3) is 0 Å². The Kier molecular flexibility index (Phi) is 6.56. The minimum atomic E-state index is -1.05. The van der Waals surface area contributed by atoms with Crippen molar-refractivity contribution in [2.75, 3.05) is 34.8 Å². The highest BCUT2D eigenvalue weighted by Crippen LogP contribution is 2.32. The Morgan fingerprint density at radius 1 is 1.03 bits per heavy atom. The normalized spacial score (nSPS) is 15.9. The summed E-state index contributed by atoms with van der Waals surface area (Å²) in [6.07, 6.45) is 0. The number of anilines is 3. The third-order valence-electron chi connectivity index (χ3n) is 5.91. The summed E-state index contributed by atoms with van der Waals surface area (Å²) in [6.45, 7) is 6.53. The van der Waals surface area contributed by atoms with Gasteiger partial charge < -0.3 is 20.2 Å². The number of nitrogens with one attached hydrogen (secondary N) is 1. The van der Waals surface area contributed by atoms with E-state index in [2.05, 4.69) is 53.2 Å². The third kappa shape index (κ3) is 4.96. The Balaban J connectivity index is 1.60. The van der Waals surface area contributed by atoms with E-state index in [-0.39, 0.29) is 17.5 Å². The van der Waals surface area contributed by atoms with Gasteiger partial charge in [0.2, 0.25) is 0 Å². The van der Waals surface area contributed by atoms with Crippen LogP contribution in [-0.2, 0) is 0 Å². The molecule has 1 aliphatic rings. The lowest BCUT2D eigenvalue weighted by Crippen LogP contribution is -2.52. The van der Waals surface area contributed by atoms with Crippen LogP contribution in [0.5, 0.6) is 0 Å². The number of piperazine rings is 1. The van der Waals surface area contributed by atoms with E-state index in [1.807, 2.05) is 0 Å². The van der Waals surface area contributed by atoms with Gasteiger partial charge in [-0.05, 0) is 61.9 Å². The Bertz CT molecular complexity index is 1200. The number of benzene rings is 3. The van der Waals surface area contributed by atoms with Crippen LogP contribution >= 0.6 is 11.6 Å². The lowest BCUT2D eigenvalue weighted by Gasteiger charge is -2.43. The fourth-order valence-electron chi connectivity index (χ4n) is 4.25. The van der Waals surface area contributed by atoms with Crippen molar-refractivity contribution in [1.29, 1.82) is 0 Å². The van der Waals surface area contributed by atoms with Crippen LogP contribution in [0.3, 0.4) is 0 Å². The van der Waals surface area contributed by atoms with Crippen LogP contribution < -0.4 is 15.1 Å². The van der Waals surface area contributed by atoms with Gasteiger partial charge in [0, 0.05) is 31.4 Å². The molecule has 0 saturated carbocycles. The van der Waals surface area contributed by atoms with Crippen molar-refractivity contribution >= 4 is 40.5 Å². The molecule has 1 amide bonds. The van der Waals surface area contributed by atoms with E-state index in [9.17, 15) is 14.7 Å². The quantitative estimate of drug-likeness (QED) is 0.536. The Hall–Kier alpha value is -3.51. The van der Waals surface area contributed by atoms with Crippen molar-refractivity contribution < 1.29 is 14.7 Å². The zero-order valence-corrected chi connectivity index (χ0v) is 19.3. The van der Waals surface area contributed by atoms with Gasteiger partial charge in [-0.1, -0.05) is 35.9 Å². The maximum Gasteiger partial charge on any atom is 0.335 e. The van der Waals surface area contributed by atoms with Gasteiger partial charge in [0.25, 0.3) is 5.91 Å². The topological polar surface area (TPSA) is 72.9 Å². The fraction of sp³-hybridized carbons (Fsp3) is 0.231. The second kappa shape index (κ2) is 9.55. The molecule has 1 heterocycles.